The van der Waals surface area contributed by atoms with E-state index in [0.717, 1.165) is 0 Å². The Morgan fingerprint density at radius 2 is 2.00 bits per heavy atom. The Morgan fingerprint density at radius 3 is 2.50 bits per heavy atom. The third-order valence-corrected chi connectivity index (χ3v) is 3.99. The molecule has 1 atom stereocenters. The molecule has 0 aliphatic rings. The molecule has 0 aromatic heterocycles. The van der Waals surface area contributed by atoms with Crippen LogP contribution < -0.4 is 0 Å². The molecular weight excluding hydrogens is 227 g/mol. The second kappa shape index (κ2) is 4.28. The van der Waals surface area contributed by atoms with Crippen LogP contribution in [0.3, 0.4) is 0 Å². The van der Waals surface area contributed by atoms with Crippen LogP contribution in [0.4, 0.5) is 4.39 Å². The minimum atomic E-state index is -3.61. The molecule has 1 aromatic rings. The summed E-state index contributed by atoms with van der Waals surface area (Å²) in [4.78, 5) is 0. The maximum atomic E-state index is 13.1. The Labute approximate surface area is 87.1 Å². The highest BCUT2D eigenvalue weighted by molar-refractivity contribution is 8.14. The number of hydrogen-bond donors (Lipinski definition) is 0. The Hall–Kier alpha value is -0.610. The third-order valence-electron chi connectivity index (χ3n) is 1.95. The van der Waals surface area contributed by atoms with Crippen LogP contribution in [0.25, 0.3) is 0 Å². The van der Waals surface area contributed by atoms with E-state index >= 15 is 0 Å². The predicted octanol–water partition coefficient (Wildman–Crippen LogP) is 2.33. The summed E-state index contributed by atoms with van der Waals surface area (Å²) in [6.45, 7) is 1.45. The van der Waals surface area contributed by atoms with Gasteiger partial charge in [0.25, 0.3) is 0 Å². The van der Waals surface area contributed by atoms with Crippen LogP contribution in [0.15, 0.2) is 24.3 Å². The first-order chi connectivity index (χ1) is 6.41. The minimum absolute atomic E-state index is 0.0957. The summed E-state index contributed by atoms with van der Waals surface area (Å²) in [6, 6.07) is 6.06. The van der Waals surface area contributed by atoms with Crippen molar-refractivity contribution >= 4 is 19.7 Å². The van der Waals surface area contributed by atoms with Crippen LogP contribution in [0.1, 0.15) is 12.5 Å². The van der Waals surface area contributed by atoms with Gasteiger partial charge in [-0.2, -0.15) is 0 Å². The van der Waals surface area contributed by atoms with Crippen molar-refractivity contribution in [1.29, 1.82) is 0 Å². The summed E-state index contributed by atoms with van der Waals surface area (Å²) >= 11 is 0. The topological polar surface area (TPSA) is 34.1 Å². The highest BCUT2D eigenvalue weighted by Crippen LogP contribution is 2.15. The molecule has 0 N–H and O–H groups in total. The van der Waals surface area contributed by atoms with E-state index in [1.54, 1.807) is 18.2 Å². The Kier molecular flexibility index (Phi) is 3.50. The van der Waals surface area contributed by atoms with Gasteiger partial charge in [-0.05, 0) is 25.0 Å². The van der Waals surface area contributed by atoms with Gasteiger partial charge < -0.3 is 0 Å². The van der Waals surface area contributed by atoms with Gasteiger partial charge >= 0.3 is 0 Å². The zero-order valence-corrected chi connectivity index (χ0v) is 9.15. The van der Waals surface area contributed by atoms with Crippen LogP contribution in [0.5, 0.6) is 0 Å². The van der Waals surface area contributed by atoms with Gasteiger partial charge in [0.1, 0.15) is 5.82 Å². The van der Waals surface area contributed by atoms with Crippen molar-refractivity contribution in [2.75, 3.05) is 0 Å². The van der Waals surface area contributed by atoms with Crippen LogP contribution in [-0.4, -0.2) is 13.7 Å². The molecule has 0 aliphatic carbocycles. The molecule has 0 radical (unpaired) electrons. The average molecular weight is 237 g/mol. The van der Waals surface area contributed by atoms with Crippen molar-refractivity contribution in [2.24, 2.45) is 0 Å². The maximum Gasteiger partial charge on any atom is 0.235 e. The summed E-state index contributed by atoms with van der Waals surface area (Å²) in [5, 5.41) is -0.777. The van der Waals surface area contributed by atoms with Gasteiger partial charge in [0, 0.05) is 10.7 Å². The van der Waals surface area contributed by atoms with Crippen LogP contribution in [-0.2, 0) is 15.5 Å². The van der Waals surface area contributed by atoms with Gasteiger partial charge in [-0.1, -0.05) is 18.2 Å². The number of rotatable bonds is 3. The Morgan fingerprint density at radius 1 is 1.43 bits per heavy atom. The highest BCUT2D eigenvalue weighted by atomic mass is 35.7. The van der Waals surface area contributed by atoms with E-state index in [9.17, 15) is 12.8 Å². The Balaban J connectivity index is 2.85. The fourth-order valence-corrected chi connectivity index (χ4v) is 1.64. The molecule has 0 spiro atoms. The van der Waals surface area contributed by atoms with E-state index in [4.69, 9.17) is 10.7 Å². The molecule has 0 aliphatic heterocycles. The molecule has 0 fully saturated rings. The molecule has 14 heavy (non-hydrogen) atoms. The summed E-state index contributed by atoms with van der Waals surface area (Å²) in [5.74, 6) is -0.403. The second-order valence-electron chi connectivity index (χ2n) is 3.08. The minimum Gasteiger partial charge on any atom is -0.212 e. The molecule has 0 heterocycles. The fraction of sp³-hybridized carbons (Fsp3) is 0.333. The lowest BCUT2D eigenvalue weighted by molar-refractivity contribution is 0.587. The monoisotopic (exact) mass is 236 g/mol. The van der Waals surface area contributed by atoms with Gasteiger partial charge in [-0.15, -0.1) is 0 Å². The summed E-state index contributed by atoms with van der Waals surface area (Å²) < 4.78 is 34.9. The maximum absolute atomic E-state index is 13.1. The summed E-state index contributed by atoms with van der Waals surface area (Å²) in [5.41, 5.74) is 0.365. The van der Waals surface area contributed by atoms with Crippen molar-refractivity contribution in [3.05, 3.63) is 35.6 Å². The predicted molar refractivity (Wildman–Crippen MR) is 54.3 cm³/mol. The standard InChI is InChI=1S/C9H10ClFO2S/c1-7(14(10,12)13)6-8-4-2-3-5-9(8)11/h2-5,7H,6H2,1H3. The summed E-state index contributed by atoms with van der Waals surface area (Å²) in [7, 11) is 1.52. The lowest BCUT2D eigenvalue weighted by Crippen LogP contribution is -2.15. The largest absolute Gasteiger partial charge is 0.235 e. The first-order valence-electron chi connectivity index (χ1n) is 4.08. The number of hydrogen-bond acceptors (Lipinski definition) is 2. The molecule has 1 unspecified atom stereocenters. The van der Waals surface area contributed by atoms with E-state index in [1.807, 2.05) is 0 Å². The zero-order valence-electron chi connectivity index (χ0n) is 7.57. The smallest absolute Gasteiger partial charge is 0.212 e. The molecule has 2 nitrogen and oxygen atoms in total. The van der Waals surface area contributed by atoms with Crippen LogP contribution in [0, 0.1) is 5.82 Å². The lowest BCUT2D eigenvalue weighted by Gasteiger charge is -2.07. The average Bonchev–Trinajstić information content (AvgIpc) is 2.07. The van der Waals surface area contributed by atoms with Gasteiger partial charge in [-0.3, -0.25) is 0 Å². The molecule has 78 valence electrons. The van der Waals surface area contributed by atoms with Gasteiger partial charge in [0.15, 0.2) is 0 Å². The van der Waals surface area contributed by atoms with Crippen molar-refractivity contribution < 1.29 is 12.8 Å². The second-order valence-corrected chi connectivity index (χ2v) is 6.13. The van der Waals surface area contributed by atoms with E-state index in [0.29, 0.717) is 5.56 Å². The van der Waals surface area contributed by atoms with Crippen molar-refractivity contribution in [3.8, 4) is 0 Å². The van der Waals surface area contributed by atoms with Crippen molar-refractivity contribution in [3.63, 3.8) is 0 Å². The van der Waals surface area contributed by atoms with Crippen LogP contribution >= 0.6 is 10.7 Å². The summed E-state index contributed by atoms with van der Waals surface area (Å²) in [6.07, 6.45) is 0.0957. The van der Waals surface area contributed by atoms with E-state index in [1.165, 1.54) is 13.0 Å². The number of benzene rings is 1. The van der Waals surface area contributed by atoms with E-state index in [-0.39, 0.29) is 6.42 Å². The zero-order chi connectivity index (χ0) is 10.8. The molecule has 0 amide bonds. The molecule has 5 heteroatoms. The fourth-order valence-electron chi connectivity index (χ4n) is 1.07. The highest BCUT2D eigenvalue weighted by Gasteiger charge is 2.19. The van der Waals surface area contributed by atoms with E-state index in [2.05, 4.69) is 0 Å². The molecule has 1 rings (SSSR count). The van der Waals surface area contributed by atoms with Gasteiger partial charge in [0.2, 0.25) is 9.05 Å². The SMILES string of the molecule is CC(Cc1ccccc1F)S(=O)(=O)Cl. The first kappa shape index (κ1) is 11.5. The van der Waals surface area contributed by atoms with Gasteiger partial charge in [0.05, 0.1) is 5.25 Å². The normalized spacial score (nSPS) is 13.9. The number of halogens is 2. The van der Waals surface area contributed by atoms with Crippen molar-refractivity contribution in [1.82, 2.24) is 0 Å². The van der Waals surface area contributed by atoms with Crippen molar-refractivity contribution in [2.45, 2.75) is 18.6 Å². The molecule has 0 bridgehead atoms. The van der Waals surface area contributed by atoms with Crippen LogP contribution in [0.2, 0.25) is 0 Å². The molecule has 0 saturated carbocycles. The molecule has 1 aromatic carbocycles. The van der Waals surface area contributed by atoms with Gasteiger partial charge in [-0.25, -0.2) is 12.8 Å². The first-order valence-corrected chi connectivity index (χ1v) is 6.45. The Bertz CT molecular complexity index is 417. The molecule has 0 saturated heterocycles. The third kappa shape index (κ3) is 2.96. The molecular formula is C9H10ClFO2S. The quantitative estimate of drug-likeness (QED) is 0.755. The lowest BCUT2D eigenvalue weighted by atomic mass is 10.1. The van der Waals surface area contributed by atoms with E-state index < -0.39 is 20.1 Å².